The second kappa shape index (κ2) is 10.1. The average Bonchev–Trinajstić information content (AvgIpc) is 3.63. The highest BCUT2D eigenvalue weighted by Crippen LogP contribution is 2.41. The third-order valence-corrected chi connectivity index (χ3v) is 6.89. The Morgan fingerprint density at radius 3 is 2.80 bits per heavy atom. The van der Waals surface area contributed by atoms with Crippen molar-refractivity contribution in [3.63, 3.8) is 0 Å². The molecule has 8 nitrogen and oxygen atoms in total. The van der Waals surface area contributed by atoms with Crippen LogP contribution >= 0.6 is 0 Å². The highest BCUT2D eigenvalue weighted by atomic mass is 19.4. The zero-order valence-corrected chi connectivity index (χ0v) is 21.1. The van der Waals surface area contributed by atoms with Gasteiger partial charge in [0.2, 0.25) is 0 Å². The molecule has 0 unspecified atom stereocenters. The summed E-state index contributed by atoms with van der Waals surface area (Å²) in [6, 6.07) is 13.3. The maximum absolute atomic E-state index is 13.8. The number of nitrogens with one attached hydrogen (secondary N) is 1. The number of urea groups is 1. The number of amides is 2. The van der Waals surface area contributed by atoms with Gasteiger partial charge in [-0.15, -0.1) is 0 Å². The minimum Gasteiger partial charge on any atom is -0.444 e. The number of carbonyl (C=O) groups excluding carboxylic acids is 1. The highest BCUT2D eigenvalue weighted by Gasteiger charge is 2.40. The summed E-state index contributed by atoms with van der Waals surface area (Å²) in [5, 5.41) is 2.96. The number of aromatic nitrogens is 2. The van der Waals surface area contributed by atoms with Gasteiger partial charge in [0.05, 0.1) is 35.7 Å². The molecule has 2 bridgehead atoms. The van der Waals surface area contributed by atoms with E-state index in [0.717, 1.165) is 30.8 Å². The monoisotopic (exact) mass is 544 g/mol. The van der Waals surface area contributed by atoms with Crippen molar-refractivity contribution < 1.29 is 22.4 Å². The van der Waals surface area contributed by atoms with E-state index in [9.17, 15) is 18.0 Å². The third kappa shape index (κ3) is 4.85. The number of hydrogen-bond donors (Lipinski definition) is 2. The molecule has 1 atom stereocenters. The molecule has 1 fully saturated rings. The molecular weight excluding hydrogens is 521 g/mol. The lowest BCUT2D eigenvalue weighted by atomic mass is 10.1. The Hall–Kier alpha value is -4.82. The van der Waals surface area contributed by atoms with E-state index in [-0.39, 0.29) is 12.6 Å². The van der Waals surface area contributed by atoms with Crippen molar-refractivity contribution in [3.8, 4) is 34.4 Å². The Kier molecular flexibility index (Phi) is 6.40. The van der Waals surface area contributed by atoms with Crippen LogP contribution in [0.25, 0.3) is 22.6 Å². The van der Waals surface area contributed by atoms with Crippen LogP contribution in [0.2, 0.25) is 0 Å². The molecule has 0 saturated carbocycles. The number of rotatable bonds is 3. The fraction of sp³-hybridized carbons (Fsp3) is 0.207. The van der Waals surface area contributed by atoms with Crippen molar-refractivity contribution in [1.29, 1.82) is 0 Å². The summed E-state index contributed by atoms with van der Waals surface area (Å²) in [7, 11) is 0. The smallest absolute Gasteiger partial charge is 0.416 e. The largest absolute Gasteiger partial charge is 0.444 e. The summed E-state index contributed by atoms with van der Waals surface area (Å²) in [6.45, 7) is 1.55. The number of oxazole rings is 1. The van der Waals surface area contributed by atoms with E-state index < -0.39 is 17.8 Å². The molecule has 2 aliphatic heterocycles. The number of nitrogens with zero attached hydrogens (tertiary/aromatic N) is 4. The summed E-state index contributed by atoms with van der Waals surface area (Å²) in [5.41, 5.74) is 7.98. The SMILES string of the molecule is NCC#Cc1cc(NC(=O)N2c3nc(-c4cccc(C(F)(F)F)c4)ccc3N3CC[C@H]2C3)cc(-c2cnco2)c1. The van der Waals surface area contributed by atoms with Crippen LogP contribution < -0.4 is 20.9 Å². The lowest BCUT2D eigenvalue weighted by molar-refractivity contribution is -0.137. The molecule has 1 saturated heterocycles. The van der Waals surface area contributed by atoms with Crippen molar-refractivity contribution in [2.45, 2.75) is 18.6 Å². The summed E-state index contributed by atoms with van der Waals surface area (Å²) in [5.74, 6) is 6.70. The first-order valence-corrected chi connectivity index (χ1v) is 12.6. The van der Waals surface area contributed by atoms with Crippen molar-refractivity contribution in [2.75, 3.05) is 34.8 Å². The van der Waals surface area contributed by atoms with Crippen LogP contribution in [-0.2, 0) is 6.18 Å². The maximum atomic E-state index is 13.8. The van der Waals surface area contributed by atoms with Crippen LogP contribution in [-0.4, -0.2) is 41.7 Å². The van der Waals surface area contributed by atoms with Gasteiger partial charge in [-0.1, -0.05) is 24.0 Å². The third-order valence-electron chi connectivity index (χ3n) is 6.89. The average molecular weight is 545 g/mol. The van der Waals surface area contributed by atoms with Gasteiger partial charge in [0.1, 0.15) is 0 Å². The van der Waals surface area contributed by atoms with Gasteiger partial charge < -0.3 is 20.4 Å². The van der Waals surface area contributed by atoms with Crippen molar-refractivity contribution in [3.05, 3.63) is 78.3 Å². The molecule has 2 amide bonds. The lowest BCUT2D eigenvalue weighted by Gasteiger charge is -2.36. The fourth-order valence-corrected chi connectivity index (χ4v) is 5.10. The van der Waals surface area contributed by atoms with Crippen molar-refractivity contribution >= 4 is 23.2 Å². The lowest BCUT2D eigenvalue weighted by Crippen LogP contribution is -2.48. The van der Waals surface area contributed by atoms with E-state index in [1.54, 1.807) is 35.4 Å². The van der Waals surface area contributed by atoms with Crippen molar-refractivity contribution in [2.24, 2.45) is 5.73 Å². The molecule has 40 heavy (non-hydrogen) atoms. The second-order valence-electron chi connectivity index (χ2n) is 9.48. The number of nitrogens with two attached hydrogens (primary N) is 1. The molecule has 2 aromatic heterocycles. The first kappa shape index (κ1) is 25.5. The number of benzene rings is 2. The Bertz CT molecular complexity index is 1640. The Morgan fingerprint density at radius 1 is 1.15 bits per heavy atom. The summed E-state index contributed by atoms with van der Waals surface area (Å²) in [6.07, 6.45) is -0.868. The molecule has 2 aliphatic rings. The van der Waals surface area contributed by atoms with E-state index in [2.05, 4.69) is 27.0 Å². The molecule has 0 radical (unpaired) electrons. The zero-order valence-electron chi connectivity index (χ0n) is 21.1. The van der Waals surface area contributed by atoms with Gasteiger partial charge in [0.15, 0.2) is 18.0 Å². The molecule has 0 spiro atoms. The number of hydrogen-bond acceptors (Lipinski definition) is 6. The predicted molar refractivity (Wildman–Crippen MR) is 145 cm³/mol. The van der Waals surface area contributed by atoms with Crippen LogP contribution in [0.15, 0.2) is 71.6 Å². The van der Waals surface area contributed by atoms with Crippen LogP contribution in [0.4, 0.5) is 35.2 Å². The predicted octanol–water partition coefficient (Wildman–Crippen LogP) is 5.36. The number of fused-ring (bicyclic) bond motifs is 4. The number of pyridine rings is 1. The first-order valence-electron chi connectivity index (χ1n) is 12.6. The number of halogens is 3. The minimum absolute atomic E-state index is 0.147. The van der Waals surface area contributed by atoms with E-state index in [1.807, 2.05) is 12.1 Å². The molecule has 2 aromatic carbocycles. The van der Waals surface area contributed by atoms with Gasteiger partial charge in [-0.2, -0.15) is 13.2 Å². The van der Waals surface area contributed by atoms with Crippen LogP contribution in [0.5, 0.6) is 0 Å². The standard InChI is InChI=1S/C29H23F3N6O2/c30-29(31,32)21-5-1-4-19(13-21)24-6-7-25-27(36-24)38(23-8-10-37(25)16-23)28(39)35-22-12-18(3-2-9-33)11-20(14-22)26-15-34-17-40-26/h1,4-7,11-15,17,23H,8-10,16,33H2,(H,35,39)/t23-/m0/s1. The second-order valence-corrected chi connectivity index (χ2v) is 9.48. The Balaban J connectivity index is 1.36. The number of carbonyl (C=O) groups is 1. The Labute approximate surface area is 227 Å². The van der Waals surface area contributed by atoms with Crippen LogP contribution in [0.1, 0.15) is 17.5 Å². The van der Waals surface area contributed by atoms with Gasteiger partial charge in [-0.05, 0) is 48.9 Å². The van der Waals surface area contributed by atoms with Gasteiger partial charge in [0, 0.05) is 35.5 Å². The fourth-order valence-electron chi connectivity index (χ4n) is 5.10. The molecular formula is C29H23F3N6O2. The van der Waals surface area contributed by atoms with Gasteiger partial charge in [0.25, 0.3) is 0 Å². The minimum atomic E-state index is -4.48. The summed E-state index contributed by atoms with van der Waals surface area (Å²) in [4.78, 5) is 26.2. The van der Waals surface area contributed by atoms with Crippen LogP contribution in [0, 0.1) is 11.8 Å². The van der Waals surface area contributed by atoms with E-state index in [4.69, 9.17) is 15.1 Å². The summed E-state index contributed by atoms with van der Waals surface area (Å²) >= 11 is 0. The number of anilines is 3. The normalized spacial score (nSPS) is 15.8. The highest BCUT2D eigenvalue weighted by molar-refractivity contribution is 6.05. The Morgan fingerprint density at radius 2 is 2.02 bits per heavy atom. The zero-order chi connectivity index (χ0) is 27.9. The molecule has 202 valence electrons. The van der Waals surface area contributed by atoms with Crippen LogP contribution in [0.3, 0.4) is 0 Å². The molecule has 0 aliphatic carbocycles. The van der Waals surface area contributed by atoms with E-state index in [0.29, 0.717) is 46.2 Å². The van der Waals surface area contributed by atoms with Crippen molar-refractivity contribution in [1.82, 2.24) is 9.97 Å². The topological polar surface area (TPSA) is 101 Å². The first-order chi connectivity index (χ1) is 19.3. The molecule has 4 heterocycles. The molecule has 3 N–H and O–H groups in total. The van der Waals surface area contributed by atoms with Gasteiger partial charge in [-0.3, -0.25) is 4.90 Å². The van der Waals surface area contributed by atoms with Gasteiger partial charge in [-0.25, -0.2) is 14.8 Å². The summed E-state index contributed by atoms with van der Waals surface area (Å²) < 4.78 is 45.5. The quantitative estimate of drug-likeness (QED) is 0.337. The number of alkyl halides is 3. The molecule has 4 aromatic rings. The molecule has 6 rings (SSSR count). The van der Waals surface area contributed by atoms with Gasteiger partial charge >= 0.3 is 12.2 Å². The maximum Gasteiger partial charge on any atom is 0.416 e. The van der Waals surface area contributed by atoms with E-state index in [1.165, 1.54) is 12.5 Å². The molecule has 11 heteroatoms. The van der Waals surface area contributed by atoms with E-state index >= 15 is 0 Å².